The van der Waals surface area contributed by atoms with Crippen LogP contribution < -0.4 is 10.6 Å². The Bertz CT molecular complexity index is 776. The van der Waals surface area contributed by atoms with Crippen molar-refractivity contribution in [3.8, 4) is 0 Å². The summed E-state index contributed by atoms with van der Waals surface area (Å²) in [5.74, 6) is 2.83. The maximum atomic E-state index is 11.9. The van der Waals surface area contributed by atoms with Crippen molar-refractivity contribution in [3.05, 3.63) is 70.8 Å². The van der Waals surface area contributed by atoms with Crippen LogP contribution in [-0.4, -0.2) is 50.2 Å². The third-order valence-corrected chi connectivity index (χ3v) is 5.25. The molecule has 5 nitrogen and oxygen atoms in total. The zero-order valence-electron chi connectivity index (χ0n) is 17.6. The van der Waals surface area contributed by atoms with Gasteiger partial charge >= 0.3 is 0 Å². The van der Waals surface area contributed by atoms with E-state index < -0.39 is 0 Å². The molecule has 0 fully saturated rings. The highest BCUT2D eigenvalue weighted by Crippen LogP contribution is 2.12. The van der Waals surface area contributed by atoms with E-state index in [4.69, 9.17) is 0 Å². The predicted octanol–water partition coefficient (Wildman–Crippen LogP) is 3.91. The molecule has 0 unspecified atom stereocenters. The minimum Gasteiger partial charge on any atom is -0.356 e. The third kappa shape index (κ3) is 9.08. The van der Waals surface area contributed by atoms with E-state index in [-0.39, 0.29) is 29.9 Å². The quantitative estimate of drug-likeness (QED) is 0.237. The number of hydrogen-bond donors (Lipinski definition) is 2. The van der Waals surface area contributed by atoms with Crippen LogP contribution in [0.3, 0.4) is 0 Å². The van der Waals surface area contributed by atoms with Crippen molar-refractivity contribution in [3.63, 3.8) is 0 Å². The van der Waals surface area contributed by atoms with Crippen LogP contribution in [0.4, 0.5) is 0 Å². The molecule has 0 spiro atoms. The van der Waals surface area contributed by atoms with Gasteiger partial charge in [-0.25, -0.2) is 0 Å². The summed E-state index contributed by atoms with van der Waals surface area (Å²) in [5.41, 5.74) is 4.45. The van der Waals surface area contributed by atoms with E-state index in [2.05, 4.69) is 46.8 Å². The molecular weight excluding hydrogens is 495 g/mol. The number of aryl methyl sites for hydroxylation is 1. The molecule has 2 aromatic carbocycles. The summed E-state index contributed by atoms with van der Waals surface area (Å²) in [6, 6.07) is 16.3. The first kappa shape index (κ1) is 25.3. The Morgan fingerprint density at radius 2 is 1.62 bits per heavy atom. The van der Waals surface area contributed by atoms with Gasteiger partial charge in [-0.15, -0.1) is 24.0 Å². The molecule has 0 radical (unpaired) electrons. The van der Waals surface area contributed by atoms with Gasteiger partial charge in [0.15, 0.2) is 5.96 Å². The number of nitrogens with zero attached hydrogens (tertiary/aromatic N) is 2. The molecule has 7 heteroatoms. The Labute approximate surface area is 195 Å². The van der Waals surface area contributed by atoms with Crippen molar-refractivity contribution in [2.75, 3.05) is 33.4 Å². The summed E-state index contributed by atoms with van der Waals surface area (Å²) < 4.78 is 0. The lowest BCUT2D eigenvalue weighted by atomic mass is 10.1. The van der Waals surface area contributed by atoms with Crippen LogP contribution in [0.5, 0.6) is 0 Å². The van der Waals surface area contributed by atoms with Gasteiger partial charge < -0.3 is 15.5 Å². The van der Waals surface area contributed by atoms with Gasteiger partial charge in [-0.05, 0) is 30.2 Å². The third-order valence-electron chi connectivity index (χ3n) is 4.22. The lowest BCUT2D eigenvalue weighted by molar-refractivity contribution is 0.0827. The molecule has 2 aromatic rings. The van der Waals surface area contributed by atoms with Crippen LogP contribution in [-0.2, 0) is 12.3 Å². The topological polar surface area (TPSA) is 56.7 Å². The second-order valence-electron chi connectivity index (χ2n) is 6.79. The van der Waals surface area contributed by atoms with Gasteiger partial charge in [0.25, 0.3) is 5.91 Å². The van der Waals surface area contributed by atoms with Crippen molar-refractivity contribution < 1.29 is 4.79 Å². The number of amides is 1. The fourth-order valence-electron chi connectivity index (χ4n) is 2.55. The smallest absolute Gasteiger partial charge is 0.253 e. The normalized spacial score (nSPS) is 10.8. The highest BCUT2D eigenvalue weighted by molar-refractivity contribution is 14.0. The Balaban J connectivity index is 0.00000420. The zero-order valence-corrected chi connectivity index (χ0v) is 20.7. The second kappa shape index (κ2) is 13.5. The van der Waals surface area contributed by atoms with Crippen LogP contribution in [0, 0.1) is 6.92 Å². The highest BCUT2D eigenvalue weighted by Gasteiger charge is 2.07. The Morgan fingerprint density at radius 3 is 2.21 bits per heavy atom. The standard InChI is InChI=1S/C22H30N4OS.HI/c1-17-5-7-19(8-6-17)16-28-14-13-24-22(23-2)25-15-18-9-11-20(12-10-18)21(27)26(3)4;/h5-12H,13-16H2,1-4H3,(H2,23,24,25);1H. The van der Waals surface area contributed by atoms with Crippen molar-refractivity contribution in [2.45, 2.75) is 19.2 Å². The molecular formula is C22H31IN4OS. The number of carbonyl (C=O) groups is 1. The fourth-order valence-corrected chi connectivity index (χ4v) is 3.36. The van der Waals surface area contributed by atoms with E-state index in [9.17, 15) is 4.79 Å². The van der Waals surface area contributed by atoms with Gasteiger partial charge in [0.05, 0.1) is 0 Å². The van der Waals surface area contributed by atoms with Crippen molar-refractivity contribution in [1.82, 2.24) is 15.5 Å². The van der Waals surface area contributed by atoms with Gasteiger partial charge in [-0.2, -0.15) is 11.8 Å². The number of carbonyl (C=O) groups excluding carboxylic acids is 1. The first-order chi connectivity index (χ1) is 13.5. The molecule has 158 valence electrons. The minimum absolute atomic E-state index is 0. The summed E-state index contributed by atoms with van der Waals surface area (Å²) in [4.78, 5) is 17.8. The highest BCUT2D eigenvalue weighted by atomic mass is 127. The number of rotatable bonds is 8. The SMILES string of the molecule is CN=C(NCCSCc1ccc(C)cc1)NCc1ccc(C(=O)N(C)C)cc1.I. The monoisotopic (exact) mass is 526 g/mol. The maximum Gasteiger partial charge on any atom is 0.253 e. The van der Waals surface area contributed by atoms with E-state index in [1.165, 1.54) is 11.1 Å². The van der Waals surface area contributed by atoms with Gasteiger partial charge in [0.1, 0.15) is 0 Å². The molecule has 29 heavy (non-hydrogen) atoms. The van der Waals surface area contributed by atoms with E-state index in [1.54, 1.807) is 26.0 Å². The maximum absolute atomic E-state index is 11.9. The summed E-state index contributed by atoms with van der Waals surface area (Å²) in [6.45, 7) is 3.62. The zero-order chi connectivity index (χ0) is 20.4. The molecule has 2 rings (SSSR count). The molecule has 0 saturated heterocycles. The number of halogens is 1. The van der Waals surface area contributed by atoms with Crippen molar-refractivity contribution in [2.24, 2.45) is 4.99 Å². The van der Waals surface area contributed by atoms with Gasteiger partial charge in [-0.3, -0.25) is 9.79 Å². The minimum atomic E-state index is 0. The Hall–Kier alpha value is -1.74. The number of guanidine groups is 1. The number of aliphatic imine (C=N–C) groups is 1. The van der Waals surface area contributed by atoms with Crippen LogP contribution >= 0.6 is 35.7 Å². The number of nitrogens with one attached hydrogen (secondary N) is 2. The van der Waals surface area contributed by atoms with E-state index in [0.29, 0.717) is 12.1 Å². The molecule has 1 amide bonds. The molecule has 0 atom stereocenters. The number of thioether (sulfide) groups is 1. The molecule has 0 aliphatic rings. The molecule has 0 bridgehead atoms. The average molecular weight is 526 g/mol. The molecule has 0 aliphatic heterocycles. The van der Waals surface area contributed by atoms with Crippen molar-refractivity contribution >= 4 is 47.6 Å². The molecule has 0 saturated carbocycles. The number of benzene rings is 2. The van der Waals surface area contributed by atoms with Crippen LogP contribution in [0.25, 0.3) is 0 Å². The van der Waals surface area contributed by atoms with E-state index in [1.807, 2.05) is 36.0 Å². The molecule has 2 N–H and O–H groups in total. The van der Waals surface area contributed by atoms with Crippen LogP contribution in [0.15, 0.2) is 53.5 Å². The summed E-state index contributed by atoms with van der Waals surface area (Å²) >= 11 is 1.90. The van der Waals surface area contributed by atoms with Gasteiger partial charge in [-0.1, -0.05) is 42.0 Å². The largest absolute Gasteiger partial charge is 0.356 e. The summed E-state index contributed by atoms with van der Waals surface area (Å²) in [5, 5.41) is 6.64. The summed E-state index contributed by atoms with van der Waals surface area (Å²) in [7, 11) is 5.28. The lowest BCUT2D eigenvalue weighted by Crippen LogP contribution is -2.37. The Morgan fingerprint density at radius 1 is 1.00 bits per heavy atom. The summed E-state index contributed by atoms with van der Waals surface area (Å²) in [6.07, 6.45) is 0. The lowest BCUT2D eigenvalue weighted by Gasteiger charge is -2.13. The number of hydrogen-bond acceptors (Lipinski definition) is 3. The molecule has 0 aromatic heterocycles. The first-order valence-corrected chi connectivity index (χ1v) is 10.5. The molecule has 0 aliphatic carbocycles. The van der Waals surface area contributed by atoms with Crippen LogP contribution in [0.1, 0.15) is 27.0 Å². The average Bonchev–Trinajstić information content (AvgIpc) is 2.71. The van der Waals surface area contributed by atoms with Gasteiger partial charge in [0.2, 0.25) is 0 Å². The van der Waals surface area contributed by atoms with E-state index in [0.717, 1.165) is 29.6 Å². The fraction of sp³-hybridized carbons (Fsp3) is 0.364. The first-order valence-electron chi connectivity index (χ1n) is 9.38. The Kier molecular flexibility index (Phi) is 11.8. The second-order valence-corrected chi connectivity index (χ2v) is 7.89. The van der Waals surface area contributed by atoms with Crippen molar-refractivity contribution in [1.29, 1.82) is 0 Å². The van der Waals surface area contributed by atoms with Crippen LogP contribution in [0.2, 0.25) is 0 Å². The van der Waals surface area contributed by atoms with Gasteiger partial charge in [0, 0.05) is 51.3 Å². The van der Waals surface area contributed by atoms with E-state index >= 15 is 0 Å². The predicted molar refractivity (Wildman–Crippen MR) is 135 cm³/mol. The molecule has 0 heterocycles.